The van der Waals surface area contributed by atoms with Gasteiger partial charge in [-0.05, 0) is 26.7 Å². The largest absolute Gasteiger partial charge is 0.354 e. The highest BCUT2D eigenvalue weighted by Gasteiger charge is 2.23. The maximum absolute atomic E-state index is 11.9. The van der Waals surface area contributed by atoms with Crippen LogP contribution in [0.5, 0.6) is 0 Å². The zero-order valence-electron chi connectivity index (χ0n) is 13.7. The van der Waals surface area contributed by atoms with Gasteiger partial charge >= 0.3 is 5.69 Å². The van der Waals surface area contributed by atoms with Crippen LogP contribution in [0.2, 0.25) is 0 Å². The number of nitro groups is 1. The topological polar surface area (TPSA) is 116 Å². The van der Waals surface area contributed by atoms with Crippen LogP contribution in [0.15, 0.2) is 0 Å². The van der Waals surface area contributed by atoms with Gasteiger partial charge in [-0.15, -0.1) is 0 Å². The molecule has 0 aliphatic carbocycles. The summed E-state index contributed by atoms with van der Waals surface area (Å²) in [7, 11) is 0. The molecule has 0 bridgehead atoms. The van der Waals surface area contributed by atoms with Gasteiger partial charge in [0.15, 0.2) is 0 Å². The van der Waals surface area contributed by atoms with E-state index in [9.17, 15) is 14.9 Å². The van der Waals surface area contributed by atoms with Gasteiger partial charge in [-0.25, -0.2) is 0 Å². The zero-order chi connectivity index (χ0) is 16.9. The van der Waals surface area contributed by atoms with E-state index < -0.39 is 4.92 Å². The van der Waals surface area contributed by atoms with Crippen LogP contribution >= 0.6 is 0 Å². The summed E-state index contributed by atoms with van der Waals surface area (Å²) in [6, 6.07) is 0. The number of aryl methyl sites for hydroxylation is 2. The first kappa shape index (κ1) is 18.1. The molecular weight excluding hydrogens is 286 g/mol. The lowest BCUT2D eigenvalue weighted by atomic mass is 9.94. The van der Waals surface area contributed by atoms with Gasteiger partial charge in [0.2, 0.25) is 5.91 Å². The SMILES string of the molecule is CCC(N)(CC)CNC(=O)CCn1nc(C)c([N+](=O)[O-])c1C. The lowest BCUT2D eigenvalue weighted by molar-refractivity contribution is -0.386. The van der Waals surface area contributed by atoms with Crippen molar-refractivity contribution in [1.82, 2.24) is 15.1 Å². The molecule has 0 atom stereocenters. The molecule has 0 spiro atoms. The molecule has 0 aliphatic heterocycles. The van der Waals surface area contributed by atoms with E-state index in [1.165, 1.54) is 4.68 Å². The fourth-order valence-corrected chi connectivity index (χ4v) is 2.24. The highest BCUT2D eigenvalue weighted by Crippen LogP contribution is 2.21. The van der Waals surface area contributed by atoms with Crippen molar-refractivity contribution in [3.05, 3.63) is 21.5 Å². The normalized spacial score (nSPS) is 11.5. The second-order valence-corrected chi connectivity index (χ2v) is 5.60. The molecular formula is C14H25N5O3. The van der Waals surface area contributed by atoms with E-state index in [1.54, 1.807) is 13.8 Å². The zero-order valence-corrected chi connectivity index (χ0v) is 13.7. The first-order valence-electron chi connectivity index (χ1n) is 7.48. The highest BCUT2D eigenvalue weighted by molar-refractivity contribution is 5.75. The fraction of sp³-hybridized carbons (Fsp3) is 0.714. The molecule has 8 heteroatoms. The molecule has 0 saturated carbocycles. The van der Waals surface area contributed by atoms with E-state index in [0.29, 0.717) is 24.5 Å². The second-order valence-electron chi connectivity index (χ2n) is 5.60. The highest BCUT2D eigenvalue weighted by atomic mass is 16.6. The summed E-state index contributed by atoms with van der Waals surface area (Å²) < 4.78 is 1.50. The summed E-state index contributed by atoms with van der Waals surface area (Å²) in [5, 5.41) is 17.9. The van der Waals surface area contributed by atoms with E-state index in [-0.39, 0.29) is 23.6 Å². The van der Waals surface area contributed by atoms with Crippen LogP contribution in [0.25, 0.3) is 0 Å². The van der Waals surface area contributed by atoms with Crippen molar-refractivity contribution in [2.24, 2.45) is 5.73 Å². The predicted molar refractivity (Wildman–Crippen MR) is 83.5 cm³/mol. The van der Waals surface area contributed by atoms with Crippen LogP contribution in [0.1, 0.15) is 44.5 Å². The Hall–Kier alpha value is -1.96. The molecule has 0 fully saturated rings. The lowest BCUT2D eigenvalue weighted by Crippen LogP contribution is -2.49. The number of nitrogens with two attached hydrogens (primary N) is 1. The quantitative estimate of drug-likeness (QED) is 0.556. The minimum Gasteiger partial charge on any atom is -0.354 e. The van der Waals surface area contributed by atoms with E-state index in [0.717, 1.165) is 12.8 Å². The summed E-state index contributed by atoms with van der Waals surface area (Å²) in [5.41, 5.74) is 6.58. The van der Waals surface area contributed by atoms with Gasteiger partial charge < -0.3 is 11.1 Å². The van der Waals surface area contributed by atoms with Crippen LogP contribution in [0.3, 0.4) is 0 Å². The van der Waals surface area contributed by atoms with Crippen molar-refractivity contribution in [2.45, 2.75) is 59.0 Å². The standard InChI is InChI=1S/C14H25N5O3/c1-5-14(15,6-2)9-16-12(20)7-8-18-11(4)13(19(21)22)10(3)17-18/h5-9,15H2,1-4H3,(H,16,20). The van der Waals surface area contributed by atoms with Crippen LogP contribution in [-0.2, 0) is 11.3 Å². The van der Waals surface area contributed by atoms with Gasteiger partial charge in [-0.2, -0.15) is 5.10 Å². The van der Waals surface area contributed by atoms with Crippen LogP contribution in [-0.4, -0.2) is 32.7 Å². The van der Waals surface area contributed by atoms with Crippen molar-refractivity contribution in [3.63, 3.8) is 0 Å². The maximum Gasteiger partial charge on any atom is 0.312 e. The van der Waals surface area contributed by atoms with Crippen molar-refractivity contribution in [3.8, 4) is 0 Å². The smallest absolute Gasteiger partial charge is 0.312 e. The molecule has 3 N–H and O–H groups in total. The second kappa shape index (κ2) is 7.35. The summed E-state index contributed by atoms with van der Waals surface area (Å²) in [5.74, 6) is -0.132. The van der Waals surface area contributed by atoms with E-state index >= 15 is 0 Å². The molecule has 1 aromatic rings. The number of carbonyl (C=O) groups is 1. The summed E-state index contributed by atoms with van der Waals surface area (Å²) in [6.07, 6.45) is 1.78. The van der Waals surface area contributed by atoms with Crippen LogP contribution in [0, 0.1) is 24.0 Å². The number of hydrogen-bond acceptors (Lipinski definition) is 5. The Labute approximate surface area is 130 Å². The molecule has 1 rings (SSSR count). The summed E-state index contributed by atoms with van der Waals surface area (Å²) >= 11 is 0. The van der Waals surface area contributed by atoms with Crippen molar-refractivity contribution in [2.75, 3.05) is 6.54 Å². The monoisotopic (exact) mass is 311 g/mol. The third-order valence-corrected chi connectivity index (χ3v) is 4.12. The number of nitrogens with one attached hydrogen (secondary N) is 1. The summed E-state index contributed by atoms with van der Waals surface area (Å²) in [4.78, 5) is 22.4. The van der Waals surface area contributed by atoms with Gasteiger partial charge in [0, 0.05) is 18.5 Å². The third kappa shape index (κ3) is 4.27. The molecule has 0 aliphatic rings. The average molecular weight is 311 g/mol. The van der Waals surface area contributed by atoms with Crippen molar-refractivity contribution >= 4 is 11.6 Å². The molecule has 0 aromatic carbocycles. The number of amides is 1. The van der Waals surface area contributed by atoms with Crippen LogP contribution in [0.4, 0.5) is 5.69 Å². The molecule has 1 amide bonds. The van der Waals surface area contributed by atoms with E-state index in [1.807, 2.05) is 13.8 Å². The van der Waals surface area contributed by atoms with Crippen molar-refractivity contribution in [1.29, 1.82) is 0 Å². The Kier molecular flexibility index (Phi) is 6.04. The minimum atomic E-state index is -0.445. The molecule has 0 unspecified atom stereocenters. The summed E-state index contributed by atoms with van der Waals surface area (Å²) in [6.45, 7) is 7.94. The number of rotatable bonds is 8. The van der Waals surface area contributed by atoms with Crippen molar-refractivity contribution < 1.29 is 9.72 Å². The Balaban J connectivity index is 2.59. The Morgan fingerprint density at radius 2 is 2.00 bits per heavy atom. The maximum atomic E-state index is 11.9. The van der Waals surface area contributed by atoms with Gasteiger partial charge in [0.25, 0.3) is 0 Å². The predicted octanol–water partition coefficient (Wildman–Crippen LogP) is 1.43. The molecule has 22 heavy (non-hydrogen) atoms. The number of hydrogen-bond donors (Lipinski definition) is 2. The molecule has 8 nitrogen and oxygen atoms in total. The van der Waals surface area contributed by atoms with E-state index in [2.05, 4.69) is 10.4 Å². The van der Waals surface area contributed by atoms with Gasteiger partial charge in [-0.1, -0.05) is 13.8 Å². The number of nitrogens with zero attached hydrogens (tertiary/aromatic N) is 3. The lowest BCUT2D eigenvalue weighted by Gasteiger charge is -2.26. The number of aromatic nitrogens is 2. The molecule has 1 heterocycles. The third-order valence-electron chi connectivity index (χ3n) is 4.12. The van der Waals surface area contributed by atoms with Crippen LogP contribution < -0.4 is 11.1 Å². The minimum absolute atomic E-state index is 0.0124. The molecule has 0 saturated heterocycles. The Morgan fingerprint density at radius 1 is 1.41 bits per heavy atom. The Morgan fingerprint density at radius 3 is 2.45 bits per heavy atom. The Bertz CT molecular complexity index is 549. The van der Waals surface area contributed by atoms with Gasteiger partial charge in [0.1, 0.15) is 11.4 Å². The molecule has 1 aromatic heterocycles. The molecule has 124 valence electrons. The first-order valence-corrected chi connectivity index (χ1v) is 7.48. The average Bonchev–Trinajstić information content (AvgIpc) is 2.76. The first-order chi connectivity index (χ1) is 10.2. The van der Waals surface area contributed by atoms with Gasteiger partial charge in [-0.3, -0.25) is 19.6 Å². The van der Waals surface area contributed by atoms with E-state index in [4.69, 9.17) is 5.73 Å². The van der Waals surface area contributed by atoms with Gasteiger partial charge in [0.05, 0.1) is 11.5 Å². The fourth-order valence-electron chi connectivity index (χ4n) is 2.24. The molecule has 0 radical (unpaired) electrons. The number of carbonyl (C=O) groups excluding carboxylic acids is 1.